The molecule has 1 aromatic heterocycles. The van der Waals surface area contributed by atoms with Crippen molar-refractivity contribution in [1.82, 2.24) is 10.3 Å². The third-order valence-electron chi connectivity index (χ3n) is 2.63. The second kappa shape index (κ2) is 4.62. The minimum atomic E-state index is 0.679. The highest BCUT2D eigenvalue weighted by Gasteiger charge is 2.16. The molecule has 0 aromatic carbocycles. The zero-order valence-corrected chi connectivity index (χ0v) is 9.53. The number of pyridine rings is 1. The van der Waals surface area contributed by atoms with E-state index in [1.54, 1.807) is 0 Å². The van der Waals surface area contributed by atoms with Gasteiger partial charge in [0.15, 0.2) is 0 Å². The van der Waals surface area contributed by atoms with Crippen LogP contribution in [0.3, 0.4) is 0 Å². The lowest BCUT2D eigenvalue weighted by Crippen LogP contribution is -2.32. The van der Waals surface area contributed by atoms with E-state index in [9.17, 15) is 0 Å². The monoisotopic (exact) mass is 205 g/mol. The quantitative estimate of drug-likeness (QED) is 0.795. The van der Waals surface area contributed by atoms with Gasteiger partial charge < -0.3 is 10.2 Å². The van der Waals surface area contributed by atoms with Crippen molar-refractivity contribution in [3.63, 3.8) is 0 Å². The standard InChI is InChI=1S/C12H19N3/c1-10(2)9-15-7-6-13-8-11-4-3-5-14-12(11)15/h3-5,10,13H,6-9H2,1-2H3. The number of fused-ring (bicyclic) bond motifs is 1. The summed E-state index contributed by atoms with van der Waals surface area (Å²) >= 11 is 0. The Kier molecular flexibility index (Phi) is 3.21. The fourth-order valence-electron chi connectivity index (χ4n) is 2.01. The normalized spacial score (nSPS) is 16.3. The Morgan fingerprint density at radius 2 is 2.40 bits per heavy atom. The van der Waals surface area contributed by atoms with Crippen molar-refractivity contribution >= 4 is 5.82 Å². The highest BCUT2D eigenvalue weighted by atomic mass is 15.2. The number of nitrogens with zero attached hydrogens (tertiary/aromatic N) is 2. The van der Waals surface area contributed by atoms with Crippen LogP contribution in [0.2, 0.25) is 0 Å². The van der Waals surface area contributed by atoms with E-state index in [4.69, 9.17) is 0 Å². The van der Waals surface area contributed by atoms with Gasteiger partial charge in [-0.3, -0.25) is 0 Å². The van der Waals surface area contributed by atoms with E-state index in [0.29, 0.717) is 5.92 Å². The summed E-state index contributed by atoms with van der Waals surface area (Å²) in [7, 11) is 0. The first-order valence-electron chi connectivity index (χ1n) is 5.67. The molecule has 82 valence electrons. The van der Waals surface area contributed by atoms with E-state index < -0.39 is 0 Å². The molecule has 0 amide bonds. The van der Waals surface area contributed by atoms with Gasteiger partial charge in [0.2, 0.25) is 0 Å². The minimum absolute atomic E-state index is 0.679. The van der Waals surface area contributed by atoms with E-state index >= 15 is 0 Å². The second-order valence-electron chi connectivity index (χ2n) is 4.50. The van der Waals surface area contributed by atoms with Crippen LogP contribution in [0.4, 0.5) is 5.82 Å². The van der Waals surface area contributed by atoms with Crippen LogP contribution >= 0.6 is 0 Å². The maximum Gasteiger partial charge on any atom is 0.133 e. The lowest BCUT2D eigenvalue weighted by Gasteiger charge is -2.24. The first-order valence-corrected chi connectivity index (χ1v) is 5.67. The SMILES string of the molecule is CC(C)CN1CCNCc2cccnc21. The molecule has 3 heteroatoms. The Hall–Kier alpha value is -1.09. The maximum atomic E-state index is 4.50. The van der Waals surface area contributed by atoms with Gasteiger partial charge in [0.25, 0.3) is 0 Å². The van der Waals surface area contributed by atoms with Crippen LogP contribution in [0.15, 0.2) is 18.3 Å². The van der Waals surface area contributed by atoms with Crippen LogP contribution in [-0.4, -0.2) is 24.6 Å². The van der Waals surface area contributed by atoms with E-state index in [1.165, 1.54) is 5.56 Å². The van der Waals surface area contributed by atoms with Gasteiger partial charge in [0.05, 0.1) is 0 Å². The maximum absolute atomic E-state index is 4.50. The third-order valence-corrected chi connectivity index (χ3v) is 2.63. The number of hydrogen-bond acceptors (Lipinski definition) is 3. The zero-order valence-electron chi connectivity index (χ0n) is 9.53. The molecule has 1 aliphatic rings. The molecule has 2 heterocycles. The summed E-state index contributed by atoms with van der Waals surface area (Å²) in [6.07, 6.45) is 1.89. The van der Waals surface area contributed by atoms with Gasteiger partial charge >= 0.3 is 0 Å². The van der Waals surface area contributed by atoms with Crippen molar-refractivity contribution in [3.8, 4) is 0 Å². The molecule has 0 spiro atoms. The zero-order chi connectivity index (χ0) is 10.7. The molecular weight excluding hydrogens is 186 g/mol. The van der Waals surface area contributed by atoms with Crippen LogP contribution in [0.25, 0.3) is 0 Å². The van der Waals surface area contributed by atoms with Crippen molar-refractivity contribution in [2.45, 2.75) is 20.4 Å². The highest BCUT2D eigenvalue weighted by Crippen LogP contribution is 2.19. The average Bonchev–Trinajstić information content (AvgIpc) is 2.41. The summed E-state index contributed by atoms with van der Waals surface area (Å²) in [5.74, 6) is 1.84. The topological polar surface area (TPSA) is 28.2 Å². The summed E-state index contributed by atoms with van der Waals surface area (Å²) in [6, 6.07) is 4.17. The molecule has 0 saturated carbocycles. The molecule has 1 aliphatic heterocycles. The molecule has 0 fully saturated rings. The van der Waals surface area contributed by atoms with E-state index in [1.807, 2.05) is 12.3 Å². The van der Waals surface area contributed by atoms with E-state index in [-0.39, 0.29) is 0 Å². The fraction of sp³-hybridized carbons (Fsp3) is 0.583. The molecule has 2 rings (SSSR count). The van der Waals surface area contributed by atoms with Crippen LogP contribution in [0.5, 0.6) is 0 Å². The molecule has 1 aromatic rings. The molecule has 1 N–H and O–H groups in total. The van der Waals surface area contributed by atoms with Crippen molar-refractivity contribution in [2.75, 3.05) is 24.5 Å². The Morgan fingerprint density at radius 3 is 3.20 bits per heavy atom. The summed E-state index contributed by atoms with van der Waals surface area (Å²) in [5.41, 5.74) is 1.32. The van der Waals surface area contributed by atoms with Crippen molar-refractivity contribution in [3.05, 3.63) is 23.9 Å². The molecule has 0 atom stereocenters. The molecule has 0 bridgehead atoms. The predicted octanol–water partition coefficient (Wildman–Crippen LogP) is 1.65. The number of hydrogen-bond donors (Lipinski definition) is 1. The molecule has 3 nitrogen and oxygen atoms in total. The van der Waals surface area contributed by atoms with Crippen LogP contribution < -0.4 is 10.2 Å². The number of rotatable bonds is 2. The predicted molar refractivity (Wildman–Crippen MR) is 63.0 cm³/mol. The molecule has 0 radical (unpaired) electrons. The number of nitrogens with one attached hydrogen (secondary N) is 1. The molecular formula is C12H19N3. The van der Waals surface area contributed by atoms with Gasteiger partial charge in [-0.1, -0.05) is 19.9 Å². The van der Waals surface area contributed by atoms with Gasteiger partial charge in [-0.25, -0.2) is 4.98 Å². The van der Waals surface area contributed by atoms with Crippen molar-refractivity contribution in [2.24, 2.45) is 5.92 Å². The summed E-state index contributed by atoms with van der Waals surface area (Å²) in [5, 5.41) is 3.42. The smallest absolute Gasteiger partial charge is 0.133 e. The summed E-state index contributed by atoms with van der Waals surface area (Å²) in [4.78, 5) is 6.89. The largest absolute Gasteiger partial charge is 0.355 e. The highest BCUT2D eigenvalue weighted by molar-refractivity contribution is 5.47. The molecule has 0 unspecified atom stereocenters. The van der Waals surface area contributed by atoms with Crippen molar-refractivity contribution in [1.29, 1.82) is 0 Å². The van der Waals surface area contributed by atoms with E-state index in [0.717, 1.165) is 32.0 Å². The fourth-order valence-corrected chi connectivity index (χ4v) is 2.01. The molecule has 0 saturated heterocycles. The Morgan fingerprint density at radius 1 is 1.53 bits per heavy atom. The number of anilines is 1. The Balaban J connectivity index is 2.24. The minimum Gasteiger partial charge on any atom is -0.355 e. The van der Waals surface area contributed by atoms with Gasteiger partial charge in [-0.2, -0.15) is 0 Å². The Labute approximate surface area is 91.5 Å². The van der Waals surface area contributed by atoms with Gasteiger partial charge in [-0.15, -0.1) is 0 Å². The molecule has 0 aliphatic carbocycles. The lowest BCUT2D eigenvalue weighted by molar-refractivity contribution is 0.598. The first kappa shape index (κ1) is 10.4. The van der Waals surface area contributed by atoms with Gasteiger partial charge in [0.1, 0.15) is 5.82 Å². The van der Waals surface area contributed by atoms with Crippen molar-refractivity contribution < 1.29 is 0 Å². The Bertz CT molecular complexity index is 322. The van der Waals surface area contributed by atoms with E-state index in [2.05, 4.69) is 35.1 Å². The summed E-state index contributed by atoms with van der Waals surface area (Å²) in [6.45, 7) is 8.64. The number of aromatic nitrogens is 1. The lowest BCUT2D eigenvalue weighted by atomic mass is 10.2. The van der Waals surface area contributed by atoms with Gasteiger partial charge in [0, 0.05) is 37.9 Å². The summed E-state index contributed by atoms with van der Waals surface area (Å²) < 4.78 is 0. The van der Waals surface area contributed by atoms with Crippen LogP contribution in [-0.2, 0) is 6.54 Å². The second-order valence-corrected chi connectivity index (χ2v) is 4.50. The van der Waals surface area contributed by atoms with Crippen LogP contribution in [0.1, 0.15) is 19.4 Å². The average molecular weight is 205 g/mol. The van der Waals surface area contributed by atoms with Gasteiger partial charge in [-0.05, 0) is 12.0 Å². The molecule has 15 heavy (non-hydrogen) atoms. The first-order chi connectivity index (χ1) is 7.27. The van der Waals surface area contributed by atoms with Crippen LogP contribution in [0, 0.1) is 5.92 Å². The third kappa shape index (κ3) is 2.48.